The van der Waals surface area contributed by atoms with Crippen LogP contribution in [0.1, 0.15) is 33.6 Å². The number of carbonyl (C=O) groups is 3. The Labute approximate surface area is 197 Å². The molecule has 1 unspecified atom stereocenters. The van der Waals surface area contributed by atoms with Gasteiger partial charge in [-0.05, 0) is 61.4 Å². The third-order valence-electron chi connectivity index (χ3n) is 6.12. The summed E-state index contributed by atoms with van der Waals surface area (Å²) in [5, 5.41) is 1.18. The van der Waals surface area contributed by atoms with Crippen molar-refractivity contribution < 1.29 is 14.4 Å². The lowest BCUT2D eigenvalue weighted by atomic mass is 9.95. The van der Waals surface area contributed by atoms with Crippen LogP contribution in [0.25, 0.3) is 0 Å². The lowest BCUT2D eigenvalue weighted by molar-refractivity contribution is -0.138. The molecule has 2 aliphatic heterocycles. The van der Waals surface area contributed by atoms with Gasteiger partial charge in [0.15, 0.2) is 0 Å². The molecule has 2 fully saturated rings. The monoisotopic (exact) mass is 473 g/mol. The summed E-state index contributed by atoms with van der Waals surface area (Å²) in [5.74, 6) is -0.264. The Hall–Kier alpha value is -2.57. The molecule has 0 spiro atoms. The molecule has 0 aliphatic carbocycles. The van der Waals surface area contributed by atoms with Crippen LogP contribution in [0, 0.1) is 5.92 Å². The highest BCUT2D eigenvalue weighted by Gasteiger charge is 2.33. The van der Waals surface area contributed by atoms with Crippen molar-refractivity contribution in [2.45, 2.75) is 12.8 Å². The Bertz CT molecular complexity index is 987. The summed E-state index contributed by atoms with van der Waals surface area (Å²) in [7, 11) is 0. The SMILES string of the molecule is O=C(c1ccc(Cl)cc1)N1CCN(C(=O)C2CCCN(C(=O)c3ccc(Cl)cc3)C2)CC1. The molecule has 8 heteroatoms. The van der Waals surface area contributed by atoms with Crippen molar-refractivity contribution in [3.05, 3.63) is 69.7 Å². The van der Waals surface area contributed by atoms with Crippen molar-refractivity contribution in [3.63, 3.8) is 0 Å². The van der Waals surface area contributed by atoms with Crippen LogP contribution in [-0.2, 0) is 4.79 Å². The number of hydrogen-bond acceptors (Lipinski definition) is 3. The van der Waals surface area contributed by atoms with Gasteiger partial charge in [-0.15, -0.1) is 0 Å². The molecule has 0 N–H and O–H groups in total. The van der Waals surface area contributed by atoms with E-state index in [-0.39, 0.29) is 23.6 Å². The van der Waals surface area contributed by atoms with Gasteiger partial charge < -0.3 is 14.7 Å². The van der Waals surface area contributed by atoms with E-state index in [0.717, 1.165) is 12.8 Å². The van der Waals surface area contributed by atoms with Gasteiger partial charge in [0.05, 0.1) is 5.92 Å². The van der Waals surface area contributed by atoms with Gasteiger partial charge in [0.2, 0.25) is 5.91 Å². The molecule has 2 saturated heterocycles. The number of piperazine rings is 1. The van der Waals surface area contributed by atoms with Crippen molar-refractivity contribution in [1.82, 2.24) is 14.7 Å². The molecule has 0 aromatic heterocycles. The summed E-state index contributed by atoms with van der Waals surface area (Å²) in [5.41, 5.74) is 1.18. The zero-order valence-electron chi connectivity index (χ0n) is 17.7. The maximum atomic E-state index is 13.1. The normalized spacial score (nSPS) is 19.1. The number of hydrogen-bond donors (Lipinski definition) is 0. The number of likely N-dealkylation sites (tertiary alicyclic amines) is 1. The van der Waals surface area contributed by atoms with E-state index in [9.17, 15) is 14.4 Å². The highest BCUT2D eigenvalue weighted by atomic mass is 35.5. The summed E-state index contributed by atoms with van der Waals surface area (Å²) in [6.45, 7) is 3.05. The van der Waals surface area contributed by atoms with Crippen LogP contribution in [-0.4, -0.2) is 71.7 Å². The van der Waals surface area contributed by atoms with Crippen molar-refractivity contribution in [2.75, 3.05) is 39.3 Å². The van der Waals surface area contributed by atoms with Gasteiger partial charge in [-0.2, -0.15) is 0 Å². The van der Waals surface area contributed by atoms with Gasteiger partial charge >= 0.3 is 0 Å². The maximum absolute atomic E-state index is 13.1. The molecule has 3 amide bonds. The Morgan fingerprint density at radius 3 is 1.66 bits per heavy atom. The highest BCUT2D eigenvalue weighted by Crippen LogP contribution is 2.22. The van der Waals surface area contributed by atoms with Gasteiger partial charge in [0.25, 0.3) is 11.8 Å². The number of carbonyl (C=O) groups excluding carboxylic acids is 3. The molecule has 168 valence electrons. The summed E-state index contributed by atoms with van der Waals surface area (Å²) < 4.78 is 0. The van der Waals surface area contributed by atoms with Gasteiger partial charge in [-0.1, -0.05) is 23.2 Å². The van der Waals surface area contributed by atoms with E-state index in [1.54, 1.807) is 58.3 Å². The van der Waals surface area contributed by atoms with Gasteiger partial charge in [-0.25, -0.2) is 0 Å². The Morgan fingerprint density at radius 2 is 1.12 bits per heavy atom. The molecule has 2 aromatic carbocycles. The van der Waals surface area contributed by atoms with Crippen molar-refractivity contribution in [1.29, 1.82) is 0 Å². The quantitative estimate of drug-likeness (QED) is 0.680. The van der Waals surface area contributed by atoms with Crippen LogP contribution in [0.4, 0.5) is 0 Å². The minimum absolute atomic E-state index is 0.0498. The predicted octanol–water partition coefficient (Wildman–Crippen LogP) is 3.83. The van der Waals surface area contributed by atoms with Crippen molar-refractivity contribution in [2.24, 2.45) is 5.92 Å². The van der Waals surface area contributed by atoms with Crippen LogP contribution >= 0.6 is 23.2 Å². The minimum Gasteiger partial charge on any atom is -0.339 e. The second-order valence-electron chi connectivity index (χ2n) is 8.22. The minimum atomic E-state index is -0.210. The maximum Gasteiger partial charge on any atom is 0.253 e. The van der Waals surface area contributed by atoms with E-state index in [1.165, 1.54) is 0 Å². The molecule has 0 radical (unpaired) electrons. The first-order valence-electron chi connectivity index (χ1n) is 10.8. The topological polar surface area (TPSA) is 60.9 Å². The van der Waals surface area contributed by atoms with Crippen LogP contribution in [0.5, 0.6) is 0 Å². The first-order chi connectivity index (χ1) is 15.4. The van der Waals surface area contributed by atoms with Crippen molar-refractivity contribution >= 4 is 40.9 Å². The van der Waals surface area contributed by atoms with E-state index in [0.29, 0.717) is 60.4 Å². The predicted molar refractivity (Wildman–Crippen MR) is 124 cm³/mol. The number of rotatable bonds is 3. The van der Waals surface area contributed by atoms with Gasteiger partial charge in [0.1, 0.15) is 0 Å². The third kappa shape index (κ3) is 5.08. The molecule has 0 bridgehead atoms. The standard InChI is InChI=1S/C24H25Cl2N3O3/c25-20-7-3-17(4-8-20)22(30)27-12-14-28(15-13-27)24(32)19-2-1-11-29(16-19)23(31)18-5-9-21(26)10-6-18/h3-10,19H,1-2,11-16H2. The summed E-state index contributed by atoms with van der Waals surface area (Å²) in [4.78, 5) is 44.0. The summed E-state index contributed by atoms with van der Waals surface area (Å²) >= 11 is 11.8. The zero-order chi connectivity index (χ0) is 22.7. The fourth-order valence-corrected chi connectivity index (χ4v) is 4.55. The molecule has 2 heterocycles. The van der Waals surface area contributed by atoms with E-state index in [1.807, 2.05) is 4.90 Å². The lowest BCUT2D eigenvalue weighted by Gasteiger charge is -2.39. The lowest BCUT2D eigenvalue weighted by Crippen LogP contribution is -2.54. The van der Waals surface area contributed by atoms with Crippen molar-refractivity contribution in [3.8, 4) is 0 Å². The van der Waals surface area contributed by atoms with E-state index < -0.39 is 0 Å². The Kier molecular flexibility index (Phi) is 7.01. The molecule has 6 nitrogen and oxygen atoms in total. The number of piperidine rings is 1. The van der Waals surface area contributed by atoms with Gasteiger partial charge in [-0.3, -0.25) is 14.4 Å². The third-order valence-corrected chi connectivity index (χ3v) is 6.62. The Balaban J connectivity index is 1.32. The summed E-state index contributed by atoms with van der Waals surface area (Å²) in [6, 6.07) is 13.7. The number of nitrogens with zero attached hydrogens (tertiary/aromatic N) is 3. The molecule has 1 atom stereocenters. The second-order valence-corrected chi connectivity index (χ2v) is 9.09. The molecule has 2 aliphatic rings. The number of halogens is 2. The first kappa shape index (κ1) is 22.6. The molecule has 0 saturated carbocycles. The number of benzene rings is 2. The van der Waals surface area contributed by atoms with Crippen LogP contribution in [0.3, 0.4) is 0 Å². The summed E-state index contributed by atoms with van der Waals surface area (Å²) in [6.07, 6.45) is 1.57. The molecule has 32 heavy (non-hydrogen) atoms. The van der Waals surface area contributed by atoms with E-state index in [2.05, 4.69) is 0 Å². The fourth-order valence-electron chi connectivity index (χ4n) is 4.30. The molecular weight excluding hydrogens is 449 g/mol. The first-order valence-corrected chi connectivity index (χ1v) is 11.6. The van der Waals surface area contributed by atoms with Crippen LogP contribution in [0.2, 0.25) is 10.0 Å². The largest absolute Gasteiger partial charge is 0.339 e. The molecule has 2 aromatic rings. The average molecular weight is 474 g/mol. The van der Waals surface area contributed by atoms with E-state index >= 15 is 0 Å². The van der Waals surface area contributed by atoms with E-state index in [4.69, 9.17) is 23.2 Å². The second kappa shape index (κ2) is 9.92. The van der Waals surface area contributed by atoms with Crippen LogP contribution in [0.15, 0.2) is 48.5 Å². The van der Waals surface area contributed by atoms with Crippen LogP contribution < -0.4 is 0 Å². The average Bonchev–Trinajstić information content (AvgIpc) is 2.84. The zero-order valence-corrected chi connectivity index (χ0v) is 19.2. The smallest absolute Gasteiger partial charge is 0.253 e. The highest BCUT2D eigenvalue weighted by molar-refractivity contribution is 6.31. The fraction of sp³-hybridized carbons (Fsp3) is 0.375. The molecule has 4 rings (SSSR count). The molecular formula is C24H25Cl2N3O3. The number of amides is 3. The Morgan fingerprint density at radius 1 is 0.656 bits per heavy atom. The van der Waals surface area contributed by atoms with Gasteiger partial charge in [0, 0.05) is 60.4 Å².